The van der Waals surface area contributed by atoms with Gasteiger partial charge in [0.05, 0.1) is 13.2 Å². The highest BCUT2D eigenvalue weighted by Crippen LogP contribution is 2.17. The third kappa shape index (κ3) is 4.89. The molecular weight excluding hydrogens is 382 g/mol. The Bertz CT molecular complexity index is 910. The summed E-state index contributed by atoms with van der Waals surface area (Å²) in [5.41, 5.74) is 2.05. The standard InChI is InChI=1S/C23H27N3O2S/c1-2-28-20-9-7-19(8-10-20)17-24-12-14-25(15-13-24)23(27)22-6-3-11-26(22)18-21-5-4-16-29-21/h3-11,16H,2,12-15,17-18H2,1H3. The van der Waals surface area contributed by atoms with Crippen molar-refractivity contribution in [1.29, 1.82) is 0 Å². The number of thiophene rings is 1. The second kappa shape index (κ2) is 9.29. The zero-order chi connectivity index (χ0) is 20.1. The van der Waals surface area contributed by atoms with E-state index >= 15 is 0 Å². The third-order valence-electron chi connectivity index (χ3n) is 5.25. The third-order valence-corrected chi connectivity index (χ3v) is 6.12. The maximum Gasteiger partial charge on any atom is 0.270 e. The van der Waals surface area contributed by atoms with E-state index in [9.17, 15) is 4.79 Å². The highest BCUT2D eigenvalue weighted by atomic mass is 32.1. The van der Waals surface area contributed by atoms with Gasteiger partial charge in [-0.05, 0) is 48.2 Å². The number of hydrogen-bond acceptors (Lipinski definition) is 4. The van der Waals surface area contributed by atoms with Gasteiger partial charge in [0, 0.05) is 43.8 Å². The van der Waals surface area contributed by atoms with Crippen molar-refractivity contribution in [3.05, 3.63) is 76.2 Å². The average molecular weight is 410 g/mol. The zero-order valence-electron chi connectivity index (χ0n) is 16.8. The molecule has 1 aliphatic rings. The Labute approximate surface area is 176 Å². The van der Waals surface area contributed by atoms with E-state index in [-0.39, 0.29) is 5.91 Å². The van der Waals surface area contributed by atoms with Gasteiger partial charge < -0.3 is 14.2 Å². The van der Waals surface area contributed by atoms with Gasteiger partial charge in [0.1, 0.15) is 11.4 Å². The van der Waals surface area contributed by atoms with Crippen LogP contribution in [0.5, 0.6) is 5.75 Å². The molecule has 0 aliphatic carbocycles. The van der Waals surface area contributed by atoms with Crippen LogP contribution in [0.15, 0.2) is 60.1 Å². The van der Waals surface area contributed by atoms with Crippen LogP contribution >= 0.6 is 11.3 Å². The molecule has 3 aromatic rings. The van der Waals surface area contributed by atoms with E-state index in [4.69, 9.17) is 4.74 Å². The van der Waals surface area contributed by atoms with Crippen LogP contribution in [0, 0.1) is 0 Å². The molecule has 1 fully saturated rings. The molecule has 1 aromatic carbocycles. The van der Waals surface area contributed by atoms with E-state index < -0.39 is 0 Å². The molecule has 0 unspecified atom stereocenters. The summed E-state index contributed by atoms with van der Waals surface area (Å²) in [7, 11) is 0. The minimum Gasteiger partial charge on any atom is -0.494 e. The van der Waals surface area contributed by atoms with Crippen LogP contribution in [-0.4, -0.2) is 53.1 Å². The molecule has 5 nitrogen and oxygen atoms in total. The Morgan fingerprint density at radius 1 is 1.00 bits per heavy atom. The predicted octanol–water partition coefficient (Wildman–Crippen LogP) is 3.95. The Hall–Kier alpha value is -2.57. The van der Waals surface area contributed by atoms with Crippen molar-refractivity contribution in [3.8, 4) is 5.75 Å². The lowest BCUT2D eigenvalue weighted by molar-refractivity contribution is 0.0618. The molecule has 0 N–H and O–H groups in total. The Morgan fingerprint density at radius 3 is 2.48 bits per heavy atom. The SMILES string of the molecule is CCOc1ccc(CN2CCN(C(=O)c3cccn3Cc3cccs3)CC2)cc1. The van der Waals surface area contributed by atoms with Gasteiger partial charge in [-0.1, -0.05) is 18.2 Å². The summed E-state index contributed by atoms with van der Waals surface area (Å²) >= 11 is 1.72. The van der Waals surface area contributed by atoms with Gasteiger partial charge in [0.25, 0.3) is 5.91 Å². The first-order valence-corrected chi connectivity index (χ1v) is 11.0. The monoisotopic (exact) mass is 409 g/mol. The Balaban J connectivity index is 1.31. The van der Waals surface area contributed by atoms with Crippen molar-refractivity contribution in [2.45, 2.75) is 20.0 Å². The second-order valence-corrected chi connectivity index (χ2v) is 8.28. The fourth-order valence-corrected chi connectivity index (χ4v) is 4.41. The van der Waals surface area contributed by atoms with Gasteiger partial charge >= 0.3 is 0 Å². The number of ether oxygens (including phenoxy) is 1. The molecule has 152 valence electrons. The highest BCUT2D eigenvalue weighted by Gasteiger charge is 2.24. The second-order valence-electron chi connectivity index (χ2n) is 7.25. The summed E-state index contributed by atoms with van der Waals surface area (Å²) < 4.78 is 7.57. The first-order valence-electron chi connectivity index (χ1n) is 10.1. The van der Waals surface area contributed by atoms with Gasteiger partial charge in [0.2, 0.25) is 0 Å². The first-order chi connectivity index (χ1) is 14.2. The van der Waals surface area contributed by atoms with Crippen molar-refractivity contribution in [2.24, 2.45) is 0 Å². The topological polar surface area (TPSA) is 37.7 Å². The summed E-state index contributed by atoms with van der Waals surface area (Å²) in [4.78, 5) is 18.7. The summed E-state index contributed by atoms with van der Waals surface area (Å²) in [5, 5.41) is 2.07. The molecule has 1 amide bonds. The van der Waals surface area contributed by atoms with Crippen molar-refractivity contribution < 1.29 is 9.53 Å². The molecule has 29 heavy (non-hydrogen) atoms. The largest absolute Gasteiger partial charge is 0.494 e. The lowest BCUT2D eigenvalue weighted by atomic mass is 10.2. The van der Waals surface area contributed by atoms with Crippen LogP contribution in [-0.2, 0) is 13.1 Å². The summed E-state index contributed by atoms with van der Waals surface area (Å²) in [6.07, 6.45) is 2.00. The predicted molar refractivity (Wildman–Crippen MR) is 117 cm³/mol. The zero-order valence-corrected chi connectivity index (χ0v) is 17.6. The molecule has 0 radical (unpaired) electrons. The summed E-state index contributed by atoms with van der Waals surface area (Å²) in [5.74, 6) is 1.05. The van der Waals surface area contributed by atoms with E-state index in [0.29, 0.717) is 6.61 Å². The van der Waals surface area contributed by atoms with Crippen LogP contribution in [0.1, 0.15) is 27.9 Å². The molecule has 2 aromatic heterocycles. The van der Waals surface area contributed by atoms with Crippen molar-refractivity contribution in [3.63, 3.8) is 0 Å². The molecule has 3 heterocycles. The number of piperazine rings is 1. The molecule has 0 saturated carbocycles. The van der Waals surface area contributed by atoms with Gasteiger partial charge in [0.15, 0.2) is 0 Å². The number of benzene rings is 1. The summed E-state index contributed by atoms with van der Waals surface area (Å²) in [6.45, 7) is 7.65. The normalized spacial score (nSPS) is 14.9. The maximum absolute atomic E-state index is 13.1. The van der Waals surface area contributed by atoms with E-state index in [2.05, 4.69) is 39.1 Å². The number of nitrogens with zero attached hydrogens (tertiary/aromatic N) is 3. The quantitative estimate of drug-likeness (QED) is 0.593. The fourth-order valence-electron chi connectivity index (χ4n) is 3.70. The van der Waals surface area contributed by atoms with E-state index in [1.807, 2.05) is 42.3 Å². The van der Waals surface area contributed by atoms with Crippen LogP contribution in [0.3, 0.4) is 0 Å². The van der Waals surface area contributed by atoms with Crippen molar-refractivity contribution >= 4 is 17.2 Å². The fraction of sp³-hybridized carbons (Fsp3) is 0.348. The van der Waals surface area contributed by atoms with E-state index in [1.165, 1.54) is 10.4 Å². The van der Waals surface area contributed by atoms with E-state index in [1.54, 1.807) is 11.3 Å². The van der Waals surface area contributed by atoms with Gasteiger partial charge in [-0.25, -0.2) is 0 Å². The number of rotatable bonds is 7. The Morgan fingerprint density at radius 2 is 1.79 bits per heavy atom. The number of carbonyl (C=O) groups is 1. The molecule has 6 heteroatoms. The molecule has 1 saturated heterocycles. The van der Waals surface area contributed by atoms with Crippen LogP contribution in [0.25, 0.3) is 0 Å². The molecular formula is C23H27N3O2S. The lowest BCUT2D eigenvalue weighted by Crippen LogP contribution is -2.48. The van der Waals surface area contributed by atoms with Gasteiger partial charge in [-0.2, -0.15) is 0 Å². The minimum atomic E-state index is 0.132. The van der Waals surface area contributed by atoms with Crippen LogP contribution < -0.4 is 4.74 Å². The Kier molecular flexibility index (Phi) is 6.32. The highest BCUT2D eigenvalue weighted by molar-refractivity contribution is 7.09. The average Bonchev–Trinajstić information content (AvgIpc) is 3.42. The van der Waals surface area contributed by atoms with Gasteiger partial charge in [-0.15, -0.1) is 11.3 Å². The molecule has 1 aliphatic heterocycles. The molecule has 0 atom stereocenters. The van der Waals surface area contributed by atoms with Crippen molar-refractivity contribution in [1.82, 2.24) is 14.4 Å². The number of carbonyl (C=O) groups excluding carboxylic acids is 1. The minimum absolute atomic E-state index is 0.132. The van der Waals surface area contributed by atoms with Crippen LogP contribution in [0.2, 0.25) is 0 Å². The smallest absolute Gasteiger partial charge is 0.270 e. The number of hydrogen-bond donors (Lipinski definition) is 0. The van der Waals surface area contributed by atoms with E-state index in [0.717, 1.165) is 50.7 Å². The molecule has 0 bridgehead atoms. The molecule has 4 rings (SSSR count). The number of aromatic nitrogens is 1. The first kappa shape index (κ1) is 19.7. The van der Waals surface area contributed by atoms with Crippen molar-refractivity contribution in [2.75, 3.05) is 32.8 Å². The van der Waals surface area contributed by atoms with Crippen LogP contribution in [0.4, 0.5) is 0 Å². The summed E-state index contributed by atoms with van der Waals surface area (Å²) in [6, 6.07) is 16.4. The maximum atomic E-state index is 13.1. The molecule has 0 spiro atoms. The lowest BCUT2D eigenvalue weighted by Gasteiger charge is -2.35. The number of amides is 1. The van der Waals surface area contributed by atoms with Gasteiger partial charge in [-0.3, -0.25) is 9.69 Å².